The Bertz CT molecular complexity index is 443. The zero-order chi connectivity index (χ0) is 17.6. The van der Waals surface area contributed by atoms with E-state index in [1.54, 1.807) is 0 Å². The third kappa shape index (κ3) is 5.49. The van der Waals surface area contributed by atoms with Gasteiger partial charge in [0.1, 0.15) is 0 Å². The standard InChI is InChI=1S/C19H36N4O/c1-15(2)13-23-11-8-16(9-12-23)22-18(20-4)21-14-19(3)10-6-5-7-17(19)24/h16-17,24H,1,5-14H2,2-4H3,(H2,20,21,22). The van der Waals surface area contributed by atoms with Gasteiger partial charge >= 0.3 is 0 Å². The van der Waals surface area contributed by atoms with Crippen molar-refractivity contribution in [3.05, 3.63) is 12.2 Å². The van der Waals surface area contributed by atoms with Crippen molar-refractivity contribution in [2.24, 2.45) is 10.4 Å². The van der Waals surface area contributed by atoms with Gasteiger partial charge in [-0.2, -0.15) is 0 Å². The zero-order valence-corrected chi connectivity index (χ0v) is 15.8. The third-order valence-electron chi connectivity index (χ3n) is 5.59. The SMILES string of the molecule is C=C(C)CN1CCC(NC(=NC)NCC2(C)CCCCC2O)CC1. The lowest BCUT2D eigenvalue weighted by Gasteiger charge is -2.39. The molecule has 2 aliphatic rings. The molecule has 5 nitrogen and oxygen atoms in total. The number of aliphatic hydroxyl groups excluding tert-OH is 1. The maximum atomic E-state index is 10.3. The number of rotatable bonds is 5. The number of hydrogen-bond donors (Lipinski definition) is 3. The number of aliphatic imine (C=N–C) groups is 1. The molecule has 0 radical (unpaired) electrons. The number of nitrogens with zero attached hydrogens (tertiary/aromatic N) is 2. The highest BCUT2D eigenvalue weighted by Gasteiger charge is 2.35. The van der Waals surface area contributed by atoms with Crippen molar-refractivity contribution in [2.45, 2.75) is 64.5 Å². The van der Waals surface area contributed by atoms with Crippen LogP contribution in [0.15, 0.2) is 17.1 Å². The average Bonchev–Trinajstić information content (AvgIpc) is 2.55. The van der Waals surface area contributed by atoms with Crippen LogP contribution >= 0.6 is 0 Å². The Balaban J connectivity index is 1.76. The Hall–Kier alpha value is -1.07. The second-order valence-corrected chi connectivity index (χ2v) is 7.99. The molecule has 0 spiro atoms. The first-order valence-electron chi connectivity index (χ1n) is 9.45. The summed E-state index contributed by atoms with van der Waals surface area (Å²) in [6.07, 6.45) is 6.42. The molecule has 0 aromatic heterocycles. The van der Waals surface area contributed by atoms with Gasteiger partial charge < -0.3 is 15.7 Å². The molecule has 138 valence electrons. The Labute approximate surface area is 147 Å². The molecular formula is C19H36N4O. The van der Waals surface area contributed by atoms with Crippen molar-refractivity contribution < 1.29 is 5.11 Å². The molecule has 2 unspecified atom stereocenters. The summed E-state index contributed by atoms with van der Waals surface area (Å²) < 4.78 is 0. The Morgan fingerprint density at radius 2 is 2.00 bits per heavy atom. The summed E-state index contributed by atoms with van der Waals surface area (Å²) in [7, 11) is 1.82. The van der Waals surface area contributed by atoms with Gasteiger partial charge in [-0.1, -0.05) is 31.9 Å². The van der Waals surface area contributed by atoms with Gasteiger partial charge in [0.15, 0.2) is 5.96 Å². The molecule has 1 heterocycles. The van der Waals surface area contributed by atoms with E-state index in [1.807, 2.05) is 7.05 Å². The van der Waals surface area contributed by atoms with Crippen molar-refractivity contribution in [1.82, 2.24) is 15.5 Å². The minimum Gasteiger partial charge on any atom is -0.392 e. The van der Waals surface area contributed by atoms with Gasteiger partial charge in [-0.15, -0.1) is 0 Å². The second-order valence-electron chi connectivity index (χ2n) is 7.99. The molecule has 0 aromatic carbocycles. The van der Waals surface area contributed by atoms with Crippen molar-refractivity contribution in [2.75, 3.05) is 33.2 Å². The van der Waals surface area contributed by atoms with Gasteiger partial charge in [-0.3, -0.25) is 9.89 Å². The summed E-state index contributed by atoms with van der Waals surface area (Å²) in [5.41, 5.74) is 1.19. The molecule has 0 aromatic rings. The Kier molecular flexibility index (Phi) is 7.11. The maximum Gasteiger partial charge on any atom is 0.191 e. The molecule has 1 aliphatic carbocycles. The lowest BCUT2D eigenvalue weighted by Crippen LogP contribution is -2.52. The summed E-state index contributed by atoms with van der Waals surface area (Å²) in [6, 6.07) is 0.474. The van der Waals surface area contributed by atoms with E-state index in [1.165, 1.54) is 12.0 Å². The van der Waals surface area contributed by atoms with Gasteiger partial charge in [0.05, 0.1) is 6.10 Å². The minimum atomic E-state index is -0.206. The largest absolute Gasteiger partial charge is 0.392 e. The van der Waals surface area contributed by atoms with E-state index in [0.29, 0.717) is 6.04 Å². The van der Waals surface area contributed by atoms with E-state index in [0.717, 1.165) is 64.2 Å². The summed E-state index contributed by atoms with van der Waals surface area (Å²) in [4.78, 5) is 6.84. The Morgan fingerprint density at radius 3 is 2.58 bits per heavy atom. The second kappa shape index (κ2) is 8.86. The monoisotopic (exact) mass is 336 g/mol. The number of piperidine rings is 1. The van der Waals surface area contributed by atoms with Crippen LogP contribution in [0.5, 0.6) is 0 Å². The van der Waals surface area contributed by atoms with Crippen LogP contribution in [0.25, 0.3) is 0 Å². The first-order valence-corrected chi connectivity index (χ1v) is 9.45. The number of guanidine groups is 1. The van der Waals surface area contributed by atoms with E-state index >= 15 is 0 Å². The summed E-state index contributed by atoms with van der Waals surface area (Å²) in [5.74, 6) is 0.868. The number of hydrogen-bond acceptors (Lipinski definition) is 3. The molecule has 2 rings (SSSR count). The van der Waals surface area contributed by atoms with Crippen LogP contribution in [0.1, 0.15) is 52.4 Å². The summed E-state index contributed by atoms with van der Waals surface area (Å²) >= 11 is 0. The predicted molar refractivity (Wildman–Crippen MR) is 101 cm³/mol. The van der Waals surface area contributed by atoms with Crippen LogP contribution in [0.3, 0.4) is 0 Å². The summed E-state index contributed by atoms with van der Waals surface area (Å²) in [5, 5.41) is 17.3. The molecule has 3 N–H and O–H groups in total. The fourth-order valence-electron chi connectivity index (χ4n) is 3.88. The van der Waals surface area contributed by atoms with Crippen LogP contribution in [0.2, 0.25) is 0 Å². The van der Waals surface area contributed by atoms with E-state index in [2.05, 4.69) is 41.0 Å². The fourth-order valence-corrected chi connectivity index (χ4v) is 3.88. The average molecular weight is 337 g/mol. The highest BCUT2D eigenvalue weighted by Crippen LogP contribution is 2.35. The number of aliphatic hydroxyl groups is 1. The van der Waals surface area contributed by atoms with Crippen molar-refractivity contribution in [3.8, 4) is 0 Å². The minimum absolute atomic E-state index is 0.0410. The van der Waals surface area contributed by atoms with Crippen LogP contribution in [0, 0.1) is 5.41 Å². The van der Waals surface area contributed by atoms with Gasteiger partial charge in [0.25, 0.3) is 0 Å². The highest BCUT2D eigenvalue weighted by atomic mass is 16.3. The molecule has 2 atom stereocenters. The fraction of sp³-hybridized carbons (Fsp3) is 0.842. The number of nitrogens with one attached hydrogen (secondary N) is 2. The predicted octanol–water partition coefficient (Wildman–Crippen LogP) is 2.13. The molecule has 24 heavy (non-hydrogen) atoms. The van der Waals surface area contributed by atoms with E-state index in [4.69, 9.17) is 0 Å². The van der Waals surface area contributed by atoms with Crippen molar-refractivity contribution in [3.63, 3.8) is 0 Å². The molecule has 5 heteroatoms. The first kappa shape index (κ1) is 19.3. The lowest BCUT2D eigenvalue weighted by atomic mass is 9.73. The van der Waals surface area contributed by atoms with Crippen LogP contribution in [-0.4, -0.2) is 61.3 Å². The van der Waals surface area contributed by atoms with E-state index in [-0.39, 0.29) is 11.5 Å². The van der Waals surface area contributed by atoms with E-state index in [9.17, 15) is 5.11 Å². The first-order chi connectivity index (χ1) is 11.4. The quantitative estimate of drug-likeness (QED) is 0.409. The molecule has 2 fully saturated rings. The molecule has 0 amide bonds. The zero-order valence-electron chi connectivity index (χ0n) is 15.8. The highest BCUT2D eigenvalue weighted by molar-refractivity contribution is 5.80. The Morgan fingerprint density at radius 1 is 1.29 bits per heavy atom. The summed E-state index contributed by atoms with van der Waals surface area (Å²) in [6.45, 7) is 12.3. The van der Waals surface area contributed by atoms with E-state index < -0.39 is 0 Å². The van der Waals surface area contributed by atoms with Gasteiger partial charge in [0.2, 0.25) is 0 Å². The van der Waals surface area contributed by atoms with Crippen LogP contribution in [0.4, 0.5) is 0 Å². The topological polar surface area (TPSA) is 59.9 Å². The molecule has 1 saturated carbocycles. The maximum absolute atomic E-state index is 10.3. The van der Waals surface area contributed by atoms with Gasteiger partial charge in [-0.25, -0.2) is 0 Å². The van der Waals surface area contributed by atoms with Crippen molar-refractivity contribution >= 4 is 5.96 Å². The van der Waals surface area contributed by atoms with Gasteiger partial charge in [-0.05, 0) is 32.6 Å². The third-order valence-corrected chi connectivity index (χ3v) is 5.59. The van der Waals surface area contributed by atoms with Crippen LogP contribution < -0.4 is 10.6 Å². The molecule has 1 aliphatic heterocycles. The number of likely N-dealkylation sites (tertiary alicyclic amines) is 1. The normalized spacial score (nSPS) is 30.2. The molecular weight excluding hydrogens is 300 g/mol. The molecule has 1 saturated heterocycles. The smallest absolute Gasteiger partial charge is 0.191 e. The van der Waals surface area contributed by atoms with Gasteiger partial charge in [0, 0.05) is 44.7 Å². The molecule has 0 bridgehead atoms. The van der Waals surface area contributed by atoms with Crippen molar-refractivity contribution in [1.29, 1.82) is 0 Å². The van der Waals surface area contributed by atoms with Crippen LogP contribution in [-0.2, 0) is 0 Å². The lowest BCUT2D eigenvalue weighted by molar-refractivity contribution is 0.00393.